The largest absolute Gasteiger partial charge is 0.391 e. The minimum Gasteiger partial charge on any atom is -0.391 e. The molecule has 0 aliphatic carbocycles. The zero-order valence-electron chi connectivity index (χ0n) is 11.3. The van der Waals surface area contributed by atoms with Gasteiger partial charge in [-0.25, -0.2) is 0 Å². The average Bonchev–Trinajstić information content (AvgIpc) is 2.45. The van der Waals surface area contributed by atoms with Crippen molar-refractivity contribution in [2.45, 2.75) is 19.4 Å². The van der Waals surface area contributed by atoms with Crippen molar-refractivity contribution in [3.8, 4) is 6.07 Å². The number of anilines is 1. The molecule has 1 aromatic carbocycles. The van der Waals surface area contributed by atoms with Gasteiger partial charge < -0.3 is 10.0 Å². The Morgan fingerprint density at radius 3 is 2.70 bits per heavy atom. The number of benzene rings is 1. The Morgan fingerprint density at radius 1 is 1.25 bits per heavy atom. The highest BCUT2D eigenvalue weighted by Gasteiger charge is 2.25. The second kappa shape index (κ2) is 5.06. The van der Waals surface area contributed by atoms with Gasteiger partial charge in [0.2, 0.25) is 0 Å². The van der Waals surface area contributed by atoms with Gasteiger partial charge in [0, 0.05) is 25.5 Å². The molecule has 1 saturated heterocycles. The first-order valence-electron chi connectivity index (χ1n) is 6.76. The normalized spacial score (nSPS) is 22.8. The third kappa shape index (κ3) is 2.19. The molecule has 0 unspecified atom stereocenters. The third-order valence-electron chi connectivity index (χ3n) is 3.70. The number of hydrogen-bond acceptors (Lipinski definition) is 5. The maximum Gasteiger partial charge on any atom is 0.113 e. The van der Waals surface area contributed by atoms with Crippen LogP contribution in [0.15, 0.2) is 24.5 Å². The Kier molecular flexibility index (Phi) is 3.25. The van der Waals surface area contributed by atoms with E-state index in [1.165, 1.54) is 0 Å². The van der Waals surface area contributed by atoms with E-state index in [4.69, 9.17) is 5.26 Å². The molecule has 1 N–H and O–H groups in total. The molecule has 5 nitrogen and oxygen atoms in total. The Bertz CT molecular complexity index is 669. The van der Waals surface area contributed by atoms with Crippen molar-refractivity contribution in [1.82, 2.24) is 9.97 Å². The molecular formula is C15H16N4O. The number of rotatable bonds is 1. The van der Waals surface area contributed by atoms with E-state index in [0.717, 1.165) is 24.2 Å². The summed E-state index contributed by atoms with van der Waals surface area (Å²) >= 11 is 0. The summed E-state index contributed by atoms with van der Waals surface area (Å²) in [6.07, 6.45) is 3.74. The van der Waals surface area contributed by atoms with E-state index in [-0.39, 0.29) is 6.10 Å². The lowest BCUT2D eigenvalue weighted by Gasteiger charge is -2.36. The highest BCUT2D eigenvalue weighted by atomic mass is 16.3. The summed E-state index contributed by atoms with van der Waals surface area (Å²) in [4.78, 5) is 10.8. The summed E-state index contributed by atoms with van der Waals surface area (Å²) in [5.41, 5.74) is 2.83. The van der Waals surface area contributed by atoms with Gasteiger partial charge in [0.15, 0.2) is 0 Å². The fourth-order valence-corrected chi connectivity index (χ4v) is 2.90. The SMILES string of the molecule is C[C@H]1C[C@H](O)CN(c2ccc(C#N)c3nccnc23)C1. The summed E-state index contributed by atoms with van der Waals surface area (Å²) < 4.78 is 0. The summed E-state index contributed by atoms with van der Waals surface area (Å²) in [6.45, 7) is 3.61. The number of piperidine rings is 1. The number of nitriles is 1. The van der Waals surface area contributed by atoms with Gasteiger partial charge in [-0.2, -0.15) is 5.26 Å². The van der Waals surface area contributed by atoms with Crippen molar-refractivity contribution in [1.29, 1.82) is 5.26 Å². The van der Waals surface area contributed by atoms with Crippen molar-refractivity contribution in [2.75, 3.05) is 18.0 Å². The summed E-state index contributed by atoms with van der Waals surface area (Å²) in [7, 11) is 0. The number of aromatic nitrogens is 2. The number of hydrogen-bond donors (Lipinski definition) is 1. The number of aliphatic hydroxyl groups is 1. The maximum absolute atomic E-state index is 9.95. The molecule has 1 aliphatic heterocycles. The van der Waals surface area contributed by atoms with Gasteiger partial charge in [-0.1, -0.05) is 6.92 Å². The molecule has 0 saturated carbocycles. The molecule has 2 aromatic rings. The topological polar surface area (TPSA) is 73.0 Å². The number of fused-ring (bicyclic) bond motifs is 1. The lowest BCUT2D eigenvalue weighted by Crippen LogP contribution is -2.42. The van der Waals surface area contributed by atoms with Crippen LogP contribution in [0.4, 0.5) is 5.69 Å². The second-order valence-electron chi connectivity index (χ2n) is 5.40. The number of nitrogens with zero attached hydrogens (tertiary/aromatic N) is 4. The zero-order valence-corrected chi connectivity index (χ0v) is 11.3. The minimum absolute atomic E-state index is 0.318. The van der Waals surface area contributed by atoms with Crippen molar-refractivity contribution in [2.24, 2.45) is 5.92 Å². The van der Waals surface area contributed by atoms with Crippen LogP contribution < -0.4 is 4.90 Å². The molecule has 1 aromatic heterocycles. The smallest absolute Gasteiger partial charge is 0.113 e. The van der Waals surface area contributed by atoms with E-state index in [1.807, 2.05) is 6.07 Å². The Balaban J connectivity index is 2.11. The van der Waals surface area contributed by atoms with E-state index >= 15 is 0 Å². The van der Waals surface area contributed by atoms with Crippen LogP contribution in [0.2, 0.25) is 0 Å². The molecule has 3 rings (SSSR count). The molecule has 2 heterocycles. The molecule has 0 spiro atoms. The molecule has 1 fully saturated rings. The van der Waals surface area contributed by atoms with Crippen LogP contribution in [0.1, 0.15) is 18.9 Å². The van der Waals surface area contributed by atoms with Crippen molar-refractivity contribution in [3.63, 3.8) is 0 Å². The lowest BCUT2D eigenvalue weighted by molar-refractivity contribution is 0.132. The first-order valence-corrected chi connectivity index (χ1v) is 6.76. The van der Waals surface area contributed by atoms with Gasteiger partial charge in [0.1, 0.15) is 17.1 Å². The van der Waals surface area contributed by atoms with E-state index in [1.54, 1.807) is 18.5 Å². The van der Waals surface area contributed by atoms with Crippen LogP contribution >= 0.6 is 0 Å². The Hall–Kier alpha value is -2.19. The van der Waals surface area contributed by atoms with Crippen LogP contribution in [0.25, 0.3) is 11.0 Å². The van der Waals surface area contributed by atoms with E-state index < -0.39 is 0 Å². The lowest BCUT2D eigenvalue weighted by atomic mass is 9.97. The van der Waals surface area contributed by atoms with E-state index in [0.29, 0.717) is 23.5 Å². The van der Waals surface area contributed by atoms with Gasteiger partial charge in [0.25, 0.3) is 0 Å². The predicted octanol–water partition coefficient (Wildman–Crippen LogP) is 1.71. The monoisotopic (exact) mass is 268 g/mol. The highest BCUT2D eigenvalue weighted by molar-refractivity contribution is 5.91. The third-order valence-corrected chi connectivity index (χ3v) is 3.70. The fourth-order valence-electron chi connectivity index (χ4n) is 2.90. The van der Waals surface area contributed by atoms with Crippen LogP contribution in [0.5, 0.6) is 0 Å². The van der Waals surface area contributed by atoms with Crippen LogP contribution in [-0.4, -0.2) is 34.3 Å². The Labute approximate surface area is 117 Å². The number of aliphatic hydroxyl groups excluding tert-OH is 1. The van der Waals surface area contributed by atoms with Crippen molar-refractivity contribution >= 4 is 16.7 Å². The molecule has 0 amide bonds. The molecule has 2 atom stereocenters. The van der Waals surface area contributed by atoms with Crippen LogP contribution in [-0.2, 0) is 0 Å². The van der Waals surface area contributed by atoms with Gasteiger partial charge >= 0.3 is 0 Å². The number of β-amino-alcohol motifs (C(OH)–C–C–N with tert-alkyl or cyclic N) is 1. The molecule has 1 aliphatic rings. The van der Waals surface area contributed by atoms with Gasteiger partial charge in [-0.3, -0.25) is 9.97 Å². The molecule has 102 valence electrons. The first kappa shape index (κ1) is 12.8. The predicted molar refractivity (Wildman–Crippen MR) is 76.3 cm³/mol. The Morgan fingerprint density at radius 2 is 2.00 bits per heavy atom. The molecular weight excluding hydrogens is 252 g/mol. The highest BCUT2D eigenvalue weighted by Crippen LogP contribution is 2.29. The minimum atomic E-state index is -0.318. The van der Waals surface area contributed by atoms with Gasteiger partial charge in [-0.05, 0) is 24.5 Å². The quantitative estimate of drug-likeness (QED) is 0.852. The molecule has 20 heavy (non-hydrogen) atoms. The standard InChI is InChI=1S/C15H16N4O/c1-10-6-12(20)9-19(8-10)13-3-2-11(7-16)14-15(13)18-5-4-17-14/h2-5,10,12,20H,6,8-9H2,1H3/t10-,12-/m0/s1. The fraction of sp³-hybridized carbons (Fsp3) is 0.400. The van der Waals surface area contributed by atoms with E-state index in [2.05, 4.69) is 27.9 Å². The van der Waals surface area contributed by atoms with E-state index in [9.17, 15) is 5.11 Å². The zero-order chi connectivity index (χ0) is 14.1. The summed E-state index contributed by atoms with van der Waals surface area (Å²) in [5, 5.41) is 19.1. The van der Waals surface area contributed by atoms with Crippen molar-refractivity contribution in [3.05, 3.63) is 30.1 Å². The first-order chi connectivity index (χ1) is 9.69. The summed E-state index contributed by atoms with van der Waals surface area (Å²) in [6, 6.07) is 5.83. The molecule has 0 bridgehead atoms. The second-order valence-corrected chi connectivity index (χ2v) is 5.40. The van der Waals surface area contributed by atoms with Crippen molar-refractivity contribution < 1.29 is 5.11 Å². The molecule has 0 radical (unpaired) electrons. The average molecular weight is 268 g/mol. The van der Waals surface area contributed by atoms with Crippen LogP contribution in [0, 0.1) is 17.2 Å². The van der Waals surface area contributed by atoms with Crippen LogP contribution in [0.3, 0.4) is 0 Å². The summed E-state index contributed by atoms with van der Waals surface area (Å²) in [5.74, 6) is 0.432. The molecule has 5 heteroatoms. The van der Waals surface area contributed by atoms with Gasteiger partial charge in [-0.15, -0.1) is 0 Å². The maximum atomic E-state index is 9.95. The van der Waals surface area contributed by atoms with Gasteiger partial charge in [0.05, 0.1) is 17.4 Å².